The largest absolute Gasteiger partial charge is 0.490 e. The van der Waals surface area contributed by atoms with E-state index in [0.29, 0.717) is 12.8 Å². The third kappa shape index (κ3) is 37.9. The van der Waals surface area contributed by atoms with Gasteiger partial charge in [-0.1, -0.05) is 0 Å². The molecule has 0 radical (unpaired) electrons. The van der Waals surface area contributed by atoms with E-state index in [1.54, 1.807) is 19.6 Å². The first kappa shape index (κ1) is 71.8. The number of halogens is 12. The lowest BCUT2D eigenvalue weighted by Crippen LogP contribution is -2.50. The molecule has 0 aliphatic carbocycles. The van der Waals surface area contributed by atoms with Crippen molar-refractivity contribution in [1.29, 1.82) is 0 Å². The molecular formula is C36H47F12N7O20. The van der Waals surface area contributed by atoms with Crippen molar-refractivity contribution in [3.8, 4) is 0 Å². The molecule has 75 heavy (non-hydrogen) atoms. The quantitative estimate of drug-likeness (QED) is 0.0463. The van der Waals surface area contributed by atoms with E-state index in [4.69, 9.17) is 39.6 Å². The molecule has 1 atom stereocenters. The predicted molar refractivity (Wildman–Crippen MR) is 216 cm³/mol. The predicted octanol–water partition coefficient (Wildman–Crippen LogP) is -1.22. The Kier molecular flexibility index (Phi) is 32.7. The van der Waals surface area contributed by atoms with Gasteiger partial charge in [0.1, 0.15) is 6.04 Å². The van der Waals surface area contributed by atoms with Gasteiger partial charge < -0.3 is 51.5 Å². The molecule has 2 aliphatic heterocycles. The van der Waals surface area contributed by atoms with E-state index >= 15 is 0 Å². The summed E-state index contributed by atoms with van der Waals surface area (Å²) in [5.74, 6) is -17.8. The second kappa shape index (κ2) is 34.1. The number of nitrogens with zero attached hydrogens (tertiary/aromatic N) is 5. The number of imide groups is 1. The van der Waals surface area contributed by atoms with E-state index in [9.17, 15) is 111 Å². The molecule has 39 heteroatoms. The van der Waals surface area contributed by atoms with E-state index in [0.717, 1.165) is 17.1 Å². The molecular weight excluding hydrogens is 1080 g/mol. The highest BCUT2D eigenvalue weighted by Gasteiger charge is 2.40. The van der Waals surface area contributed by atoms with Gasteiger partial charge in [-0.3, -0.25) is 58.1 Å². The van der Waals surface area contributed by atoms with Crippen LogP contribution in [-0.2, 0) is 57.5 Å². The van der Waals surface area contributed by atoms with E-state index < -0.39 is 109 Å². The van der Waals surface area contributed by atoms with Crippen LogP contribution in [0.4, 0.5) is 52.7 Å². The third-order valence-corrected chi connectivity index (χ3v) is 8.45. The Morgan fingerprint density at radius 3 is 0.960 bits per heavy atom. The maximum Gasteiger partial charge on any atom is 0.490 e. The Morgan fingerprint density at radius 1 is 0.453 bits per heavy atom. The highest BCUT2D eigenvalue weighted by molar-refractivity contribution is 6.12. The van der Waals surface area contributed by atoms with Crippen molar-refractivity contribution >= 4 is 71.4 Å². The summed E-state index contributed by atoms with van der Waals surface area (Å²) >= 11 is 0. The SMILES string of the molecule is O=C(O)C(F)(F)F.O=C(O)C(F)(F)F.O=C(O)C(F)(F)F.O=C(O)C(F)(F)F.O=C(O)CN1CCN(CC(=O)O)CCN(CC(=O)NCC(=O)NC(CCCCN2C(=O)C=CC2=O)C(=O)O)CCN(CC(=O)O)CC1. The minimum atomic E-state index is -5.08. The number of hydrogen-bond acceptors (Lipinski definition) is 16. The zero-order valence-corrected chi connectivity index (χ0v) is 38.0. The number of carbonyl (C=O) groups excluding carboxylic acids is 4. The maximum absolute atomic E-state index is 12.8. The fourth-order valence-corrected chi connectivity index (χ4v) is 5.00. The molecule has 27 nitrogen and oxygen atoms in total. The standard InChI is InChI=1S/C28H43N7O12.4C2HF3O2/c36-21(30-20(28(46)47)3-1-2-6-35-23(38)4-5-24(35)39)15-29-22(37)16-31-7-9-32(17-25(40)41)11-13-34(19-27(44)45)14-12-33(10-8-31)18-26(42)43;4*3-2(4,5)1(6)7/h4-5,20H,1-3,6-19H2,(H,29,37)(H,30,36)(H,40,41)(H,42,43)(H,44,45)(H,46,47);4*(H,6,7). The van der Waals surface area contributed by atoms with Crippen LogP contribution in [0, 0.1) is 0 Å². The Morgan fingerprint density at radius 2 is 0.720 bits per heavy atom. The second-order valence-corrected chi connectivity index (χ2v) is 14.4. The molecule has 2 rings (SSSR count). The molecule has 1 saturated heterocycles. The lowest BCUT2D eigenvalue weighted by Gasteiger charge is -2.32. The normalized spacial score (nSPS) is 15.7. The molecule has 2 heterocycles. The Balaban J connectivity index is -0.00000149. The van der Waals surface area contributed by atoms with Crippen LogP contribution >= 0.6 is 0 Å². The summed E-state index contributed by atoms with van der Waals surface area (Å²) in [6.07, 6.45) is -17.4. The van der Waals surface area contributed by atoms with Crippen LogP contribution < -0.4 is 10.6 Å². The molecule has 1 unspecified atom stereocenters. The number of amides is 4. The Hall–Kier alpha value is -7.42. The van der Waals surface area contributed by atoms with Gasteiger partial charge in [0, 0.05) is 71.1 Å². The summed E-state index contributed by atoms with van der Waals surface area (Å²) in [7, 11) is 0. The van der Waals surface area contributed by atoms with Gasteiger partial charge in [-0.15, -0.1) is 0 Å². The molecule has 430 valence electrons. The molecule has 4 amide bonds. The molecule has 10 N–H and O–H groups in total. The molecule has 0 bridgehead atoms. The molecule has 0 spiro atoms. The summed E-state index contributed by atoms with van der Waals surface area (Å²) in [5.41, 5.74) is 0. The summed E-state index contributed by atoms with van der Waals surface area (Å²) in [5, 5.41) is 70.7. The third-order valence-electron chi connectivity index (χ3n) is 8.45. The number of alkyl halides is 12. The fourth-order valence-electron chi connectivity index (χ4n) is 5.00. The topological polar surface area (TPSA) is 407 Å². The first-order valence-corrected chi connectivity index (χ1v) is 20.1. The van der Waals surface area contributed by atoms with Crippen LogP contribution in [0.1, 0.15) is 19.3 Å². The Labute approximate surface area is 411 Å². The number of aliphatic carboxylic acids is 8. The summed E-state index contributed by atoms with van der Waals surface area (Å²) in [6.45, 7) is 0.157. The number of unbranched alkanes of at least 4 members (excludes halogenated alkanes) is 1. The van der Waals surface area contributed by atoms with Crippen LogP contribution in [0.5, 0.6) is 0 Å². The molecule has 2 aliphatic rings. The number of hydrogen-bond donors (Lipinski definition) is 10. The minimum absolute atomic E-state index is 0.0280. The zero-order valence-electron chi connectivity index (χ0n) is 38.0. The van der Waals surface area contributed by atoms with Crippen molar-refractivity contribution in [2.24, 2.45) is 0 Å². The number of carboxylic acids is 8. The van der Waals surface area contributed by atoms with Gasteiger partial charge in [0.05, 0.1) is 32.7 Å². The average Bonchev–Trinajstić information content (AvgIpc) is 3.56. The maximum atomic E-state index is 12.8. The van der Waals surface area contributed by atoms with Gasteiger partial charge in [-0.2, -0.15) is 52.7 Å². The van der Waals surface area contributed by atoms with Gasteiger partial charge in [0.15, 0.2) is 0 Å². The number of carboxylic acid groups (broad SMARTS) is 8. The van der Waals surface area contributed by atoms with Gasteiger partial charge in [0.25, 0.3) is 11.8 Å². The van der Waals surface area contributed by atoms with Crippen molar-refractivity contribution in [1.82, 2.24) is 35.1 Å². The van der Waals surface area contributed by atoms with Crippen molar-refractivity contribution in [2.75, 3.05) is 91.6 Å². The monoisotopic (exact) mass is 1130 g/mol. The summed E-state index contributed by atoms with van der Waals surface area (Å²) in [6, 6.07) is -1.26. The zero-order chi connectivity index (χ0) is 59.2. The summed E-state index contributed by atoms with van der Waals surface area (Å²) in [4.78, 5) is 137. The minimum Gasteiger partial charge on any atom is -0.480 e. The number of nitrogens with one attached hydrogen (secondary N) is 2. The van der Waals surface area contributed by atoms with E-state index in [2.05, 4.69) is 10.6 Å². The van der Waals surface area contributed by atoms with Crippen molar-refractivity contribution in [2.45, 2.75) is 50.0 Å². The van der Waals surface area contributed by atoms with Crippen LogP contribution in [-0.4, -0.2) is 259 Å². The van der Waals surface area contributed by atoms with Crippen LogP contribution in [0.15, 0.2) is 12.2 Å². The molecule has 0 aromatic rings. The van der Waals surface area contributed by atoms with Crippen molar-refractivity contribution in [3.05, 3.63) is 12.2 Å². The lowest BCUT2D eigenvalue weighted by atomic mass is 10.1. The molecule has 0 saturated carbocycles. The Bertz CT molecular complexity index is 1860. The van der Waals surface area contributed by atoms with Gasteiger partial charge in [-0.25, -0.2) is 24.0 Å². The van der Waals surface area contributed by atoms with Crippen LogP contribution in [0.3, 0.4) is 0 Å². The van der Waals surface area contributed by atoms with E-state index in [1.165, 1.54) is 0 Å². The van der Waals surface area contributed by atoms with Crippen molar-refractivity contribution < 1.29 is 151 Å². The van der Waals surface area contributed by atoms with Gasteiger partial charge in [0.2, 0.25) is 11.8 Å². The average molecular weight is 1130 g/mol. The van der Waals surface area contributed by atoms with Gasteiger partial charge in [-0.05, 0) is 19.3 Å². The van der Waals surface area contributed by atoms with E-state index in [-0.39, 0.29) is 91.5 Å². The lowest BCUT2D eigenvalue weighted by molar-refractivity contribution is -0.193. The molecule has 0 aromatic carbocycles. The highest BCUT2D eigenvalue weighted by atomic mass is 19.4. The molecule has 1 fully saturated rings. The number of rotatable bonds is 17. The van der Waals surface area contributed by atoms with Gasteiger partial charge >= 0.3 is 72.5 Å². The first-order chi connectivity index (χ1) is 34.0. The van der Waals surface area contributed by atoms with Crippen molar-refractivity contribution in [3.63, 3.8) is 0 Å². The fraction of sp³-hybridized carbons (Fsp3) is 0.611. The number of carbonyl (C=O) groups is 12. The highest BCUT2D eigenvalue weighted by Crippen LogP contribution is 2.15. The molecule has 0 aromatic heterocycles. The smallest absolute Gasteiger partial charge is 0.480 e. The summed E-state index contributed by atoms with van der Waals surface area (Å²) < 4.78 is 127. The second-order valence-electron chi connectivity index (χ2n) is 14.4. The van der Waals surface area contributed by atoms with Crippen LogP contribution in [0.25, 0.3) is 0 Å². The van der Waals surface area contributed by atoms with E-state index in [1.807, 2.05) is 0 Å². The first-order valence-electron chi connectivity index (χ1n) is 20.1. The van der Waals surface area contributed by atoms with Crippen LogP contribution in [0.2, 0.25) is 0 Å².